The highest BCUT2D eigenvalue weighted by Crippen LogP contribution is 2.19. The Labute approximate surface area is 166 Å². The molecule has 1 atom stereocenters. The summed E-state index contributed by atoms with van der Waals surface area (Å²) in [7, 11) is 0. The van der Waals surface area contributed by atoms with E-state index >= 15 is 0 Å². The molecular weight excluding hydrogens is 372 g/mol. The Bertz CT molecular complexity index is 1210. The summed E-state index contributed by atoms with van der Waals surface area (Å²) in [6.07, 6.45) is 1.70. The number of amides is 1. The Morgan fingerprint density at radius 3 is 2.83 bits per heavy atom. The molecule has 2 aromatic heterocycles. The summed E-state index contributed by atoms with van der Waals surface area (Å²) in [4.78, 5) is 44.4. The molecule has 3 aromatic rings. The van der Waals surface area contributed by atoms with E-state index < -0.39 is 11.2 Å². The van der Waals surface area contributed by atoms with Gasteiger partial charge in [0.25, 0.3) is 11.5 Å². The minimum Gasteiger partial charge on any atom is -0.376 e. The number of para-hydroxylation sites is 1. The molecule has 0 aliphatic carbocycles. The average Bonchev–Trinajstić information content (AvgIpc) is 3.19. The number of pyridine rings is 1. The van der Waals surface area contributed by atoms with E-state index in [1.807, 2.05) is 31.2 Å². The van der Waals surface area contributed by atoms with Gasteiger partial charge in [0.15, 0.2) is 0 Å². The maximum Gasteiger partial charge on any atom is 0.330 e. The zero-order valence-corrected chi connectivity index (χ0v) is 16.3. The number of aryl methyl sites for hydroxylation is 2. The van der Waals surface area contributed by atoms with Crippen LogP contribution >= 0.6 is 0 Å². The van der Waals surface area contributed by atoms with E-state index in [1.165, 1.54) is 10.6 Å². The second kappa shape index (κ2) is 7.63. The molecule has 2 N–H and O–H groups in total. The number of benzene rings is 1. The third-order valence-electron chi connectivity index (χ3n) is 5.21. The second-order valence-electron chi connectivity index (χ2n) is 7.27. The Kier molecular flexibility index (Phi) is 5.02. The summed E-state index contributed by atoms with van der Waals surface area (Å²) < 4.78 is 7.04. The Hall–Kier alpha value is -3.26. The van der Waals surface area contributed by atoms with Gasteiger partial charge < -0.3 is 10.1 Å². The fourth-order valence-electron chi connectivity index (χ4n) is 3.59. The van der Waals surface area contributed by atoms with Gasteiger partial charge in [-0.2, -0.15) is 0 Å². The van der Waals surface area contributed by atoms with Gasteiger partial charge in [-0.25, -0.2) is 9.78 Å². The van der Waals surface area contributed by atoms with Gasteiger partial charge >= 0.3 is 5.69 Å². The van der Waals surface area contributed by atoms with Crippen LogP contribution in [0.15, 0.2) is 39.9 Å². The summed E-state index contributed by atoms with van der Waals surface area (Å²) in [5.41, 5.74) is 1.51. The molecule has 29 heavy (non-hydrogen) atoms. The van der Waals surface area contributed by atoms with Crippen LogP contribution in [0.25, 0.3) is 11.0 Å². The molecule has 0 saturated carbocycles. The van der Waals surface area contributed by atoms with Gasteiger partial charge in [-0.3, -0.25) is 19.1 Å². The van der Waals surface area contributed by atoms with Crippen molar-refractivity contribution in [2.24, 2.45) is 0 Å². The number of H-pyrrole nitrogens is 1. The predicted octanol–water partition coefficient (Wildman–Crippen LogP) is 2.13. The van der Waals surface area contributed by atoms with Gasteiger partial charge in [0.1, 0.15) is 5.65 Å². The number of aromatic nitrogens is 3. The van der Waals surface area contributed by atoms with Crippen LogP contribution in [0.2, 0.25) is 0 Å². The monoisotopic (exact) mass is 394 g/mol. The first-order chi connectivity index (χ1) is 13.9. The minimum absolute atomic E-state index is 0.0899. The Balaban J connectivity index is 1.76. The fourth-order valence-corrected chi connectivity index (χ4v) is 3.59. The normalized spacial score (nSPS) is 16.3. The Morgan fingerprint density at radius 2 is 2.10 bits per heavy atom. The molecule has 1 saturated heterocycles. The van der Waals surface area contributed by atoms with E-state index in [1.54, 1.807) is 6.92 Å². The zero-order valence-electron chi connectivity index (χ0n) is 16.3. The number of hydrogen-bond acceptors (Lipinski definition) is 5. The largest absolute Gasteiger partial charge is 0.376 e. The van der Waals surface area contributed by atoms with Crippen molar-refractivity contribution in [1.29, 1.82) is 0 Å². The zero-order chi connectivity index (χ0) is 20.5. The van der Waals surface area contributed by atoms with Crippen molar-refractivity contribution in [2.45, 2.75) is 39.3 Å². The van der Waals surface area contributed by atoms with E-state index in [0.717, 1.165) is 18.4 Å². The standard InChI is InChI=1S/C21H22N4O4/c1-12-6-3-4-8-17(12)23-19(26)15-10-16-18(22-13(15)2)25(21(28)24-20(16)27)11-14-7-5-9-29-14/h3-4,6,8,10,14H,5,7,9,11H2,1-2H3,(H,23,26)(H,24,27,28). The van der Waals surface area contributed by atoms with Crippen LogP contribution in [-0.4, -0.2) is 33.2 Å². The van der Waals surface area contributed by atoms with Crippen molar-refractivity contribution < 1.29 is 9.53 Å². The number of rotatable bonds is 4. The smallest absolute Gasteiger partial charge is 0.330 e. The molecule has 0 bridgehead atoms. The maximum absolute atomic E-state index is 12.8. The van der Waals surface area contributed by atoms with Gasteiger partial charge in [0.05, 0.1) is 29.3 Å². The van der Waals surface area contributed by atoms with E-state index in [-0.39, 0.29) is 28.6 Å². The molecule has 1 aliphatic rings. The highest BCUT2D eigenvalue weighted by Gasteiger charge is 2.21. The lowest BCUT2D eigenvalue weighted by atomic mass is 10.1. The molecule has 1 amide bonds. The highest BCUT2D eigenvalue weighted by molar-refractivity contribution is 6.06. The first-order valence-corrected chi connectivity index (χ1v) is 9.57. The van der Waals surface area contributed by atoms with Crippen molar-refractivity contribution in [3.8, 4) is 0 Å². The van der Waals surface area contributed by atoms with E-state index in [4.69, 9.17) is 4.74 Å². The molecule has 0 radical (unpaired) electrons. The molecule has 1 unspecified atom stereocenters. The van der Waals surface area contributed by atoms with E-state index in [9.17, 15) is 14.4 Å². The van der Waals surface area contributed by atoms with Crippen LogP contribution < -0.4 is 16.6 Å². The van der Waals surface area contributed by atoms with Gasteiger partial charge in [0, 0.05) is 12.3 Å². The molecule has 1 fully saturated rings. The predicted molar refractivity (Wildman–Crippen MR) is 109 cm³/mol. The fraction of sp³-hybridized carbons (Fsp3) is 0.333. The number of fused-ring (bicyclic) bond motifs is 1. The molecular formula is C21H22N4O4. The molecule has 0 spiro atoms. The van der Waals surface area contributed by atoms with Crippen molar-refractivity contribution in [1.82, 2.24) is 14.5 Å². The average molecular weight is 394 g/mol. The van der Waals surface area contributed by atoms with Crippen molar-refractivity contribution in [2.75, 3.05) is 11.9 Å². The molecule has 8 nitrogen and oxygen atoms in total. The Morgan fingerprint density at radius 1 is 1.31 bits per heavy atom. The number of aromatic amines is 1. The molecule has 1 aliphatic heterocycles. The number of nitrogens with one attached hydrogen (secondary N) is 2. The molecule has 1 aromatic carbocycles. The molecule has 3 heterocycles. The summed E-state index contributed by atoms with van der Waals surface area (Å²) in [5.74, 6) is -0.359. The molecule has 8 heteroatoms. The number of ether oxygens (including phenoxy) is 1. The minimum atomic E-state index is -0.564. The lowest BCUT2D eigenvalue weighted by Crippen LogP contribution is -2.34. The van der Waals surface area contributed by atoms with Crippen LogP contribution in [0.5, 0.6) is 0 Å². The SMILES string of the molecule is Cc1ccccc1NC(=O)c1cc2c(=O)[nH]c(=O)n(CC3CCCO3)c2nc1C. The van der Waals surface area contributed by atoms with Crippen molar-refractivity contribution >= 4 is 22.6 Å². The summed E-state index contributed by atoms with van der Waals surface area (Å²) in [5, 5.41) is 3.05. The van der Waals surface area contributed by atoms with Gasteiger partial charge in [0.2, 0.25) is 0 Å². The van der Waals surface area contributed by atoms with Crippen LogP contribution in [0, 0.1) is 13.8 Å². The van der Waals surface area contributed by atoms with Crippen LogP contribution in [0.3, 0.4) is 0 Å². The summed E-state index contributed by atoms with van der Waals surface area (Å²) in [6, 6.07) is 8.93. The quantitative estimate of drug-likeness (QED) is 0.705. The van der Waals surface area contributed by atoms with Crippen LogP contribution in [0.4, 0.5) is 5.69 Å². The maximum atomic E-state index is 12.8. The van der Waals surface area contributed by atoms with Gasteiger partial charge in [-0.15, -0.1) is 0 Å². The molecule has 4 rings (SSSR count). The molecule has 150 valence electrons. The third kappa shape index (κ3) is 3.71. The summed E-state index contributed by atoms with van der Waals surface area (Å²) >= 11 is 0. The highest BCUT2D eigenvalue weighted by atomic mass is 16.5. The van der Waals surface area contributed by atoms with Crippen LogP contribution in [0.1, 0.15) is 34.5 Å². The third-order valence-corrected chi connectivity index (χ3v) is 5.21. The number of carbonyl (C=O) groups excluding carboxylic acids is 1. The van der Waals surface area contributed by atoms with Gasteiger partial charge in [-0.05, 0) is 44.4 Å². The number of anilines is 1. The van der Waals surface area contributed by atoms with E-state index in [2.05, 4.69) is 15.3 Å². The second-order valence-corrected chi connectivity index (χ2v) is 7.27. The van der Waals surface area contributed by atoms with Crippen molar-refractivity contribution in [3.05, 3.63) is 68.0 Å². The number of hydrogen-bond donors (Lipinski definition) is 2. The lowest BCUT2D eigenvalue weighted by Gasteiger charge is -2.15. The van der Waals surface area contributed by atoms with Crippen LogP contribution in [-0.2, 0) is 11.3 Å². The van der Waals surface area contributed by atoms with E-state index in [0.29, 0.717) is 24.5 Å². The first kappa shape index (κ1) is 19.1. The van der Waals surface area contributed by atoms with Gasteiger partial charge in [-0.1, -0.05) is 18.2 Å². The lowest BCUT2D eigenvalue weighted by molar-refractivity contribution is 0.0967. The number of nitrogens with zero attached hydrogens (tertiary/aromatic N) is 2. The van der Waals surface area contributed by atoms with Crippen molar-refractivity contribution in [3.63, 3.8) is 0 Å². The summed E-state index contributed by atoms with van der Waals surface area (Å²) in [6.45, 7) is 4.56. The topological polar surface area (TPSA) is 106 Å². The number of carbonyl (C=O) groups is 1. The first-order valence-electron chi connectivity index (χ1n) is 9.57.